The van der Waals surface area contributed by atoms with Crippen molar-refractivity contribution in [1.82, 2.24) is 9.13 Å². The van der Waals surface area contributed by atoms with E-state index in [1.165, 1.54) is 28.3 Å². The third kappa shape index (κ3) is 5.89. The van der Waals surface area contributed by atoms with E-state index in [2.05, 4.69) is 9.73 Å². The van der Waals surface area contributed by atoms with Gasteiger partial charge >= 0.3 is 12.1 Å². The van der Waals surface area contributed by atoms with Crippen LogP contribution in [0.15, 0.2) is 63.1 Å². The highest BCUT2D eigenvalue weighted by molar-refractivity contribution is 6.30. The molecular formula is C27H25ClF3N3O5. The summed E-state index contributed by atoms with van der Waals surface area (Å²) < 4.78 is 50.8. The molecule has 3 aromatic rings. The lowest BCUT2D eigenvalue weighted by molar-refractivity contribution is -0.274. The van der Waals surface area contributed by atoms with Gasteiger partial charge in [0.05, 0.1) is 11.7 Å². The average molecular weight is 564 g/mol. The van der Waals surface area contributed by atoms with Crippen molar-refractivity contribution in [3.63, 3.8) is 0 Å². The van der Waals surface area contributed by atoms with E-state index in [-0.39, 0.29) is 29.4 Å². The number of benzene rings is 2. The Morgan fingerprint density at radius 2 is 1.79 bits per heavy atom. The Morgan fingerprint density at radius 3 is 2.46 bits per heavy atom. The minimum absolute atomic E-state index is 0.0573. The number of aliphatic hydroxyl groups is 1. The van der Waals surface area contributed by atoms with E-state index in [0.29, 0.717) is 42.7 Å². The van der Waals surface area contributed by atoms with Crippen LogP contribution in [0.4, 0.5) is 19.0 Å². The minimum Gasteiger partial charge on any atom is -0.442 e. The van der Waals surface area contributed by atoms with Crippen LogP contribution in [-0.4, -0.2) is 32.6 Å². The van der Waals surface area contributed by atoms with Gasteiger partial charge in [0, 0.05) is 30.1 Å². The number of ether oxygens (including phenoxy) is 2. The SMILES string of the molecule is Cn1c2c(c(=O)n(C3CC(O)C3)c1=O)CCC(Cc1ccc(Cl)cc1)C(Oc1cccc(OC(F)(F)F)c1)=N2. The van der Waals surface area contributed by atoms with Crippen molar-refractivity contribution in [3.05, 3.63) is 85.5 Å². The molecule has 1 aliphatic heterocycles. The van der Waals surface area contributed by atoms with E-state index in [4.69, 9.17) is 16.3 Å². The quantitative estimate of drug-likeness (QED) is 0.485. The smallest absolute Gasteiger partial charge is 0.442 e. The highest BCUT2D eigenvalue weighted by Crippen LogP contribution is 2.33. The largest absolute Gasteiger partial charge is 0.573 e. The number of nitrogens with zero attached hydrogens (tertiary/aromatic N) is 3. The molecule has 0 amide bonds. The monoisotopic (exact) mass is 563 g/mol. The van der Waals surface area contributed by atoms with Crippen molar-refractivity contribution in [2.75, 3.05) is 0 Å². The fourth-order valence-corrected chi connectivity index (χ4v) is 5.06. The predicted molar refractivity (Wildman–Crippen MR) is 138 cm³/mol. The molecule has 2 aromatic carbocycles. The minimum atomic E-state index is -4.87. The van der Waals surface area contributed by atoms with Gasteiger partial charge in [-0.2, -0.15) is 4.99 Å². The maximum absolute atomic E-state index is 13.4. The molecule has 1 unspecified atom stereocenters. The van der Waals surface area contributed by atoms with Crippen LogP contribution in [0.5, 0.6) is 11.5 Å². The molecule has 2 aliphatic rings. The standard InChI is InChI=1S/C27H25ClF3N3O5/c1-33-23-22(25(36)34(26(33)37)18-12-19(35)13-18)10-7-16(11-15-5-8-17(28)9-6-15)24(32-23)38-20-3-2-4-21(14-20)39-27(29,30)31/h2-6,8-9,14,16,18-19,35H,7,10-13H2,1H3. The highest BCUT2D eigenvalue weighted by atomic mass is 35.5. The lowest BCUT2D eigenvalue weighted by Gasteiger charge is -2.32. The first kappa shape index (κ1) is 27.0. The molecule has 12 heteroatoms. The van der Waals surface area contributed by atoms with Crippen LogP contribution in [0.25, 0.3) is 0 Å². The number of hydrogen-bond acceptors (Lipinski definition) is 6. The van der Waals surface area contributed by atoms with Crippen LogP contribution in [0.3, 0.4) is 0 Å². The Hall–Kier alpha value is -3.57. The summed E-state index contributed by atoms with van der Waals surface area (Å²) in [5.41, 5.74) is 0.235. The summed E-state index contributed by atoms with van der Waals surface area (Å²) in [6.45, 7) is 0. The normalized spacial score (nSPS) is 20.9. The lowest BCUT2D eigenvalue weighted by atomic mass is 9.89. The van der Waals surface area contributed by atoms with Gasteiger partial charge in [0.15, 0.2) is 5.90 Å². The Balaban J connectivity index is 1.56. The number of hydrogen-bond donors (Lipinski definition) is 1. The average Bonchev–Trinajstić information content (AvgIpc) is 3.02. The molecule has 206 valence electrons. The number of aromatic nitrogens is 2. The second-order valence-corrected chi connectivity index (χ2v) is 10.2. The van der Waals surface area contributed by atoms with Gasteiger partial charge in [0.25, 0.3) is 5.56 Å². The molecule has 39 heavy (non-hydrogen) atoms. The molecule has 5 rings (SSSR count). The fourth-order valence-electron chi connectivity index (χ4n) is 4.93. The zero-order valence-electron chi connectivity index (χ0n) is 20.8. The third-order valence-electron chi connectivity index (χ3n) is 6.98. The zero-order valence-corrected chi connectivity index (χ0v) is 21.6. The van der Waals surface area contributed by atoms with Gasteiger partial charge in [-0.05, 0) is 61.9 Å². The maximum atomic E-state index is 13.4. The van der Waals surface area contributed by atoms with Crippen molar-refractivity contribution in [3.8, 4) is 11.5 Å². The molecule has 2 heterocycles. The lowest BCUT2D eigenvalue weighted by Crippen LogP contribution is -2.47. The first-order chi connectivity index (χ1) is 18.5. The number of rotatable bonds is 5. The van der Waals surface area contributed by atoms with Crippen LogP contribution >= 0.6 is 11.6 Å². The summed E-state index contributed by atoms with van der Waals surface area (Å²) in [6, 6.07) is 11.9. The summed E-state index contributed by atoms with van der Waals surface area (Å²) in [4.78, 5) is 31.2. The Labute approximate surface area is 225 Å². The number of alkyl halides is 3. The van der Waals surface area contributed by atoms with Gasteiger partial charge in [-0.15, -0.1) is 13.2 Å². The fraction of sp³-hybridized carbons (Fsp3) is 0.370. The molecule has 1 saturated carbocycles. The molecule has 1 N–H and O–H groups in total. The first-order valence-electron chi connectivity index (χ1n) is 12.4. The maximum Gasteiger partial charge on any atom is 0.573 e. The van der Waals surface area contributed by atoms with E-state index >= 15 is 0 Å². The van der Waals surface area contributed by atoms with Gasteiger partial charge in [-0.3, -0.25) is 13.9 Å². The molecule has 0 radical (unpaired) electrons. The number of fused-ring (bicyclic) bond motifs is 1. The summed E-state index contributed by atoms with van der Waals surface area (Å²) in [5.74, 6) is -0.487. The molecular weight excluding hydrogens is 539 g/mol. The summed E-state index contributed by atoms with van der Waals surface area (Å²) >= 11 is 6.03. The van der Waals surface area contributed by atoms with Crippen LogP contribution < -0.4 is 20.7 Å². The van der Waals surface area contributed by atoms with Gasteiger partial charge in [-0.1, -0.05) is 29.8 Å². The van der Waals surface area contributed by atoms with Crippen LogP contribution in [0.1, 0.15) is 36.4 Å². The van der Waals surface area contributed by atoms with Crippen LogP contribution in [0.2, 0.25) is 5.02 Å². The summed E-state index contributed by atoms with van der Waals surface area (Å²) in [7, 11) is 1.50. The predicted octanol–water partition coefficient (Wildman–Crippen LogP) is 4.71. The second-order valence-electron chi connectivity index (χ2n) is 9.74. The molecule has 0 saturated heterocycles. The molecule has 1 aliphatic carbocycles. The first-order valence-corrected chi connectivity index (χ1v) is 12.8. The third-order valence-corrected chi connectivity index (χ3v) is 7.23. The van der Waals surface area contributed by atoms with E-state index in [9.17, 15) is 27.9 Å². The molecule has 0 bridgehead atoms. The summed E-state index contributed by atoms with van der Waals surface area (Å²) in [5, 5.41) is 10.3. The second kappa shape index (κ2) is 10.5. The Kier molecular flexibility index (Phi) is 7.30. The van der Waals surface area contributed by atoms with E-state index in [1.807, 2.05) is 12.1 Å². The van der Waals surface area contributed by atoms with Gasteiger partial charge < -0.3 is 14.6 Å². The number of aliphatic hydroxyl groups excluding tert-OH is 1. The van der Waals surface area contributed by atoms with Gasteiger partial charge in [0.1, 0.15) is 17.3 Å². The zero-order chi connectivity index (χ0) is 27.9. The van der Waals surface area contributed by atoms with Gasteiger partial charge in [0.2, 0.25) is 0 Å². The van der Waals surface area contributed by atoms with Crippen molar-refractivity contribution < 1.29 is 27.8 Å². The van der Waals surface area contributed by atoms with E-state index in [0.717, 1.165) is 17.7 Å². The Morgan fingerprint density at radius 1 is 1.10 bits per heavy atom. The van der Waals surface area contributed by atoms with Crippen molar-refractivity contribution in [2.45, 2.75) is 50.6 Å². The van der Waals surface area contributed by atoms with Crippen LogP contribution in [-0.2, 0) is 19.9 Å². The van der Waals surface area contributed by atoms with Gasteiger partial charge in [-0.25, -0.2) is 4.79 Å². The van der Waals surface area contributed by atoms with E-state index < -0.39 is 29.5 Å². The number of halogens is 4. The summed E-state index contributed by atoms with van der Waals surface area (Å²) in [6.07, 6.45) is -3.62. The molecule has 1 atom stereocenters. The van der Waals surface area contributed by atoms with E-state index in [1.54, 1.807) is 12.1 Å². The molecule has 1 fully saturated rings. The van der Waals surface area contributed by atoms with Crippen molar-refractivity contribution in [1.29, 1.82) is 0 Å². The van der Waals surface area contributed by atoms with Crippen LogP contribution in [0, 0.1) is 5.92 Å². The molecule has 0 spiro atoms. The Bertz CT molecular complexity index is 1530. The topological polar surface area (TPSA) is 95.0 Å². The number of aliphatic imine (C=N–C) groups is 1. The molecule has 8 nitrogen and oxygen atoms in total. The highest BCUT2D eigenvalue weighted by Gasteiger charge is 2.35. The van der Waals surface area contributed by atoms with Crippen molar-refractivity contribution >= 4 is 23.3 Å². The molecule has 1 aromatic heterocycles. The van der Waals surface area contributed by atoms with Crippen molar-refractivity contribution in [2.24, 2.45) is 18.0 Å².